The molecule has 0 heterocycles. The minimum Gasteiger partial charge on any atom is -0.103 e. The molecule has 0 aromatic heterocycles. The van der Waals surface area contributed by atoms with Crippen LogP contribution in [0.3, 0.4) is 0 Å². The van der Waals surface area contributed by atoms with Crippen LogP contribution in [0.25, 0.3) is 0 Å². The zero-order valence-electron chi connectivity index (χ0n) is 11.5. The first-order valence-electron chi connectivity index (χ1n) is 6.59. The van der Waals surface area contributed by atoms with E-state index in [0.29, 0.717) is 5.25 Å². The first-order chi connectivity index (χ1) is 9.29. The fraction of sp³-hybridized carbons (Fsp3) is 0.222. The van der Waals surface area contributed by atoms with E-state index in [1.54, 1.807) is 6.08 Å². The van der Waals surface area contributed by atoms with Gasteiger partial charge in [0.15, 0.2) is 0 Å². The van der Waals surface area contributed by atoms with E-state index in [1.807, 2.05) is 18.2 Å². The van der Waals surface area contributed by atoms with E-state index in [2.05, 4.69) is 55.5 Å². The molecule has 0 amide bonds. The molecule has 1 aliphatic rings. The molecule has 1 rings (SSSR count). The summed E-state index contributed by atoms with van der Waals surface area (Å²) in [6.07, 6.45) is 21.7. The van der Waals surface area contributed by atoms with Crippen LogP contribution >= 0.6 is 0 Å². The zero-order chi connectivity index (χ0) is 13.9. The standard InChI is InChI=1S/C18H23S/c1-4-6-8-12-16-19(17(3)13-7-5-2)18-14-10-9-11-15-18/h4-6,8-12,14,16,18H,1-3,7,13,15H2/q+1/b8-6-,16-12+. The summed E-state index contributed by atoms with van der Waals surface area (Å²) in [5.74, 6) is 0. The Balaban J connectivity index is 2.74. The van der Waals surface area contributed by atoms with Crippen molar-refractivity contribution in [2.45, 2.75) is 24.5 Å². The molecule has 0 nitrogen and oxygen atoms in total. The summed E-state index contributed by atoms with van der Waals surface area (Å²) in [4.78, 5) is 1.31. The van der Waals surface area contributed by atoms with Gasteiger partial charge in [-0.1, -0.05) is 49.1 Å². The second kappa shape index (κ2) is 9.46. The quantitative estimate of drug-likeness (QED) is 0.322. The maximum absolute atomic E-state index is 4.28. The van der Waals surface area contributed by atoms with Gasteiger partial charge in [0.2, 0.25) is 0 Å². The van der Waals surface area contributed by atoms with E-state index in [9.17, 15) is 0 Å². The van der Waals surface area contributed by atoms with E-state index in [0.717, 1.165) is 19.3 Å². The van der Waals surface area contributed by atoms with Gasteiger partial charge in [-0.05, 0) is 25.2 Å². The number of rotatable bonds is 8. The minimum atomic E-state index is 0.0930. The van der Waals surface area contributed by atoms with Crippen LogP contribution in [0.15, 0.2) is 84.7 Å². The van der Waals surface area contributed by atoms with E-state index in [4.69, 9.17) is 0 Å². The van der Waals surface area contributed by atoms with Crippen LogP contribution in [0.1, 0.15) is 19.3 Å². The molecule has 100 valence electrons. The average molecular weight is 271 g/mol. The van der Waals surface area contributed by atoms with E-state index in [-0.39, 0.29) is 10.9 Å². The summed E-state index contributed by atoms with van der Waals surface area (Å²) >= 11 is 0. The Kier molecular flexibility index (Phi) is 7.76. The fourth-order valence-electron chi connectivity index (χ4n) is 1.81. The summed E-state index contributed by atoms with van der Waals surface area (Å²) in [5.41, 5.74) is 0. The minimum absolute atomic E-state index is 0.0930. The number of hydrogen-bond acceptors (Lipinski definition) is 0. The highest BCUT2D eigenvalue weighted by molar-refractivity contribution is 8.03. The third-order valence-electron chi connectivity index (χ3n) is 2.81. The van der Waals surface area contributed by atoms with E-state index >= 15 is 0 Å². The summed E-state index contributed by atoms with van der Waals surface area (Å²) in [5, 5.41) is 2.83. The van der Waals surface area contributed by atoms with Gasteiger partial charge in [0, 0.05) is 12.8 Å². The first-order valence-corrected chi connectivity index (χ1v) is 7.94. The van der Waals surface area contributed by atoms with Crippen molar-refractivity contribution in [3.8, 4) is 0 Å². The Morgan fingerprint density at radius 2 is 2.05 bits per heavy atom. The molecule has 1 heteroatoms. The molecule has 2 atom stereocenters. The van der Waals surface area contributed by atoms with Gasteiger partial charge < -0.3 is 0 Å². The molecule has 0 saturated heterocycles. The molecule has 19 heavy (non-hydrogen) atoms. The lowest BCUT2D eigenvalue weighted by atomic mass is 10.2. The van der Waals surface area contributed by atoms with Gasteiger partial charge in [-0.3, -0.25) is 0 Å². The summed E-state index contributed by atoms with van der Waals surface area (Å²) < 4.78 is 0. The molecule has 0 aliphatic heterocycles. The van der Waals surface area contributed by atoms with E-state index in [1.165, 1.54) is 4.91 Å². The Labute approximate surface area is 120 Å². The third kappa shape index (κ3) is 5.80. The van der Waals surface area contributed by atoms with Crippen LogP contribution in [-0.2, 0) is 10.9 Å². The van der Waals surface area contributed by atoms with Gasteiger partial charge >= 0.3 is 0 Å². The molecule has 0 aromatic rings. The average Bonchev–Trinajstić information content (AvgIpc) is 2.46. The second-order valence-corrected chi connectivity index (χ2v) is 6.47. The van der Waals surface area contributed by atoms with Gasteiger partial charge in [-0.25, -0.2) is 0 Å². The van der Waals surface area contributed by atoms with Crippen LogP contribution in [-0.4, -0.2) is 5.25 Å². The Bertz CT molecular complexity index is 421. The van der Waals surface area contributed by atoms with Crippen molar-refractivity contribution in [2.75, 3.05) is 0 Å². The lowest BCUT2D eigenvalue weighted by Crippen LogP contribution is -2.19. The van der Waals surface area contributed by atoms with Crippen LogP contribution in [0, 0.1) is 0 Å². The molecule has 0 N–H and O–H groups in total. The fourth-order valence-corrected chi connectivity index (χ4v) is 3.83. The first kappa shape index (κ1) is 15.6. The van der Waals surface area contributed by atoms with Crippen molar-refractivity contribution in [3.05, 3.63) is 84.7 Å². The molecule has 0 spiro atoms. The second-order valence-electron chi connectivity index (χ2n) is 4.27. The van der Waals surface area contributed by atoms with Crippen molar-refractivity contribution in [1.82, 2.24) is 0 Å². The molecular weight excluding hydrogens is 248 g/mol. The van der Waals surface area contributed by atoms with Crippen molar-refractivity contribution < 1.29 is 0 Å². The van der Waals surface area contributed by atoms with Crippen LogP contribution in [0.4, 0.5) is 0 Å². The SMILES string of the molecule is C=C/C=C\C=C\[S+](C(=C)CCC=C)C1C=CC=CC1. The Hall–Kier alpha value is -1.47. The van der Waals surface area contributed by atoms with Crippen molar-refractivity contribution in [2.24, 2.45) is 0 Å². The maximum atomic E-state index is 4.28. The molecule has 0 aromatic carbocycles. The lowest BCUT2D eigenvalue weighted by molar-refractivity contribution is 1.02. The predicted octanol–water partition coefficient (Wildman–Crippen LogP) is 5.23. The summed E-state index contributed by atoms with van der Waals surface area (Å²) in [7, 11) is 0.0930. The van der Waals surface area contributed by atoms with Crippen LogP contribution in [0.2, 0.25) is 0 Å². The molecule has 0 fully saturated rings. The molecule has 1 aliphatic carbocycles. The Morgan fingerprint density at radius 1 is 1.21 bits per heavy atom. The normalized spacial score (nSPS) is 19.9. The van der Waals surface area contributed by atoms with Crippen LogP contribution in [0.5, 0.6) is 0 Å². The Morgan fingerprint density at radius 3 is 2.68 bits per heavy atom. The summed E-state index contributed by atoms with van der Waals surface area (Å²) in [6, 6.07) is 0. The van der Waals surface area contributed by atoms with Gasteiger partial charge in [0.25, 0.3) is 0 Å². The predicted molar refractivity (Wildman–Crippen MR) is 91.1 cm³/mol. The topological polar surface area (TPSA) is 0 Å². The summed E-state index contributed by atoms with van der Waals surface area (Å²) in [6.45, 7) is 11.7. The number of allylic oxidation sites excluding steroid dienone is 9. The molecule has 0 bridgehead atoms. The highest BCUT2D eigenvalue weighted by atomic mass is 32.2. The maximum Gasteiger partial charge on any atom is 0.150 e. The molecule has 0 radical (unpaired) electrons. The number of hydrogen-bond donors (Lipinski definition) is 0. The molecule has 0 saturated carbocycles. The molecule has 2 unspecified atom stereocenters. The van der Waals surface area contributed by atoms with E-state index < -0.39 is 0 Å². The lowest BCUT2D eigenvalue weighted by Gasteiger charge is -2.14. The smallest absolute Gasteiger partial charge is 0.103 e. The molecular formula is C18H23S+. The van der Waals surface area contributed by atoms with Gasteiger partial charge in [0.05, 0.1) is 10.9 Å². The highest BCUT2D eigenvalue weighted by Gasteiger charge is 2.29. The van der Waals surface area contributed by atoms with Crippen molar-refractivity contribution >= 4 is 10.9 Å². The monoisotopic (exact) mass is 271 g/mol. The van der Waals surface area contributed by atoms with Crippen molar-refractivity contribution in [3.63, 3.8) is 0 Å². The third-order valence-corrected chi connectivity index (χ3v) is 5.13. The van der Waals surface area contributed by atoms with Gasteiger partial charge in [-0.15, -0.1) is 6.58 Å². The zero-order valence-corrected chi connectivity index (χ0v) is 12.3. The highest BCUT2D eigenvalue weighted by Crippen LogP contribution is 2.26. The van der Waals surface area contributed by atoms with Crippen molar-refractivity contribution in [1.29, 1.82) is 0 Å². The van der Waals surface area contributed by atoms with Gasteiger partial charge in [0.1, 0.15) is 15.6 Å². The largest absolute Gasteiger partial charge is 0.150 e. The van der Waals surface area contributed by atoms with Gasteiger partial charge in [-0.2, -0.15) is 0 Å². The van der Waals surface area contributed by atoms with Crippen LogP contribution < -0.4 is 0 Å².